The van der Waals surface area contributed by atoms with Gasteiger partial charge in [0.2, 0.25) is 0 Å². The first-order valence-electron chi connectivity index (χ1n) is 6.53. The predicted molar refractivity (Wildman–Crippen MR) is 73.2 cm³/mol. The molecule has 2 rings (SSSR count). The average Bonchev–Trinajstić information content (AvgIpc) is 2.85. The van der Waals surface area contributed by atoms with Gasteiger partial charge in [-0.2, -0.15) is 0 Å². The van der Waals surface area contributed by atoms with Gasteiger partial charge in [0.25, 0.3) is 5.56 Å². The van der Waals surface area contributed by atoms with Crippen LogP contribution in [0.4, 0.5) is 0 Å². The minimum atomic E-state index is -0.436. The van der Waals surface area contributed by atoms with Crippen molar-refractivity contribution in [3.8, 4) is 0 Å². The van der Waals surface area contributed by atoms with E-state index in [2.05, 4.69) is 9.97 Å². The number of aliphatic hydroxyl groups is 3. The summed E-state index contributed by atoms with van der Waals surface area (Å²) in [5.41, 5.74) is 2.03. The van der Waals surface area contributed by atoms with Crippen molar-refractivity contribution in [3.05, 3.63) is 34.0 Å². The van der Waals surface area contributed by atoms with Crippen molar-refractivity contribution in [1.82, 2.24) is 14.9 Å². The van der Waals surface area contributed by atoms with Crippen molar-refractivity contribution in [3.63, 3.8) is 0 Å². The van der Waals surface area contributed by atoms with Crippen LogP contribution in [0.1, 0.15) is 11.3 Å². The van der Waals surface area contributed by atoms with Crippen LogP contribution in [-0.2, 0) is 6.42 Å². The van der Waals surface area contributed by atoms with Gasteiger partial charge in [0, 0.05) is 18.7 Å². The van der Waals surface area contributed by atoms with Crippen LogP contribution in [0.3, 0.4) is 0 Å². The molecule has 7 heteroatoms. The summed E-state index contributed by atoms with van der Waals surface area (Å²) in [6.45, 7) is 0.301. The van der Waals surface area contributed by atoms with Gasteiger partial charge in [-0.15, -0.1) is 0 Å². The number of hydrogen-bond acceptors (Lipinski definition) is 6. The first-order chi connectivity index (χ1) is 9.71. The maximum atomic E-state index is 11.7. The molecule has 1 aromatic rings. The number of aliphatic hydroxyl groups excluding tert-OH is 3. The number of H-pyrrole nitrogens is 1. The lowest BCUT2D eigenvalue weighted by Gasteiger charge is -2.28. The molecule has 0 amide bonds. The lowest BCUT2D eigenvalue weighted by molar-refractivity contribution is 0.0708. The van der Waals surface area contributed by atoms with Crippen LogP contribution < -0.4 is 5.56 Å². The highest BCUT2D eigenvalue weighted by Crippen LogP contribution is 2.23. The van der Waals surface area contributed by atoms with Crippen molar-refractivity contribution in [2.75, 3.05) is 32.9 Å². The van der Waals surface area contributed by atoms with Gasteiger partial charge in [-0.3, -0.25) is 9.69 Å². The lowest BCUT2D eigenvalue weighted by atomic mass is 10.1. The summed E-state index contributed by atoms with van der Waals surface area (Å²) < 4.78 is 0. The normalized spacial score (nSPS) is 13.9. The SMILES string of the molecule is O=c1[nH]cnc2c1CC=C2CN(CCO)C(CO)CO. The molecule has 0 fully saturated rings. The van der Waals surface area contributed by atoms with Crippen LogP contribution in [0, 0.1) is 0 Å². The van der Waals surface area contributed by atoms with Gasteiger partial charge >= 0.3 is 0 Å². The van der Waals surface area contributed by atoms with E-state index in [1.165, 1.54) is 6.33 Å². The molecule has 110 valence electrons. The molecule has 0 bridgehead atoms. The average molecular weight is 281 g/mol. The number of aromatic nitrogens is 2. The fraction of sp³-hybridized carbons (Fsp3) is 0.538. The number of hydrogen-bond donors (Lipinski definition) is 4. The number of nitrogens with zero attached hydrogens (tertiary/aromatic N) is 2. The lowest BCUT2D eigenvalue weighted by Crippen LogP contribution is -2.43. The zero-order valence-electron chi connectivity index (χ0n) is 11.1. The molecular weight excluding hydrogens is 262 g/mol. The number of nitrogens with one attached hydrogen (secondary N) is 1. The molecule has 1 aliphatic rings. The van der Waals surface area contributed by atoms with Gasteiger partial charge in [0.1, 0.15) is 0 Å². The Kier molecular flexibility index (Phi) is 5.02. The van der Waals surface area contributed by atoms with Crippen LogP contribution in [-0.4, -0.2) is 69.1 Å². The molecule has 0 unspecified atom stereocenters. The Bertz CT molecular complexity index is 537. The second-order valence-corrected chi connectivity index (χ2v) is 4.71. The topological polar surface area (TPSA) is 110 Å². The van der Waals surface area contributed by atoms with Gasteiger partial charge in [0.15, 0.2) is 0 Å². The molecule has 0 aliphatic heterocycles. The highest BCUT2D eigenvalue weighted by atomic mass is 16.3. The molecule has 0 saturated heterocycles. The molecular formula is C13H19N3O4. The van der Waals surface area contributed by atoms with Crippen molar-refractivity contribution in [2.24, 2.45) is 0 Å². The molecule has 0 aromatic carbocycles. The molecule has 1 heterocycles. The Balaban J connectivity index is 2.17. The molecule has 0 atom stereocenters. The first kappa shape index (κ1) is 14.9. The smallest absolute Gasteiger partial charge is 0.254 e. The van der Waals surface area contributed by atoms with Crippen molar-refractivity contribution < 1.29 is 15.3 Å². The molecule has 0 saturated carbocycles. The molecule has 0 spiro atoms. The van der Waals surface area contributed by atoms with E-state index in [1.807, 2.05) is 6.08 Å². The van der Waals surface area contributed by atoms with Crippen molar-refractivity contribution in [2.45, 2.75) is 12.5 Å². The minimum Gasteiger partial charge on any atom is -0.395 e. The van der Waals surface area contributed by atoms with Gasteiger partial charge in [-0.1, -0.05) is 6.08 Å². The van der Waals surface area contributed by atoms with Gasteiger partial charge in [0.05, 0.1) is 37.9 Å². The summed E-state index contributed by atoms with van der Waals surface area (Å²) in [7, 11) is 0. The zero-order valence-corrected chi connectivity index (χ0v) is 11.1. The third kappa shape index (κ3) is 2.96. The zero-order chi connectivity index (χ0) is 14.5. The standard InChI is InChI=1S/C13H19N3O4/c17-4-3-16(10(6-18)7-19)5-9-1-2-11-12(9)14-8-15-13(11)20/h1,8,10,17-19H,2-7H2,(H,14,15,20). The molecule has 1 aliphatic carbocycles. The summed E-state index contributed by atoms with van der Waals surface area (Å²) >= 11 is 0. The molecule has 20 heavy (non-hydrogen) atoms. The first-order valence-corrected chi connectivity index (χ1v) is 6.53. The Morgan fingerprint density at radius 1 is 1.35 bits per heavy atom. The van der Waals surface area contributed by atoms with Crippen molar-refractivity contribution in [1.29, 1.82) is 0 Å². The fourth-order valence-corrected chi connectivity index (χ4v) is 2.38. The molecule has 1 aromatic heterocycles. The highest BCUT2D eigenvalue weighted by Gasteiger charge is 2.23. The van der Waals surface area contributed by atoms with E-state index in [4.69, 9.17) is 5.11 Å². The summed E-state index contributed by atoms with van der Waals surface area (Å²) in [5, 5.41) is 27.6. The van der Waals surface area contributed by atoms with E-state index in [-0.39, 0.29) is 25.4 Å². The second kappa shape index (κ2) is 6.76. The van der Waals surface area contributed by atoms with Crippen LogP contribution in [0.25, 0.3) is 5.57 Å². The Morgan fingerprint density at radius 2 is 2.10 bits per heavy atom. The minimum absolute atomic E-state index is 0.0700. The molecule has 7 nitrogen and oxygen atoms in total. The number of allylic oxidation sites excluding steroid dienone is 1. The molecule has 0 radical (unpaired) electrons. The van der Waals surface area contributed by atoms with Crippen LogP contribution in [0.15, 0.2) is 17.2 Å². The second-order valence-electron chi connectivity index (χ2n) is 4.71. The summed E-state index contributed by atoms with van der Waals surface area (Å²) in [4.78, 5) is 20.2. The van der Waals surface area contributed by atoms with Gasteiger partial charge in [-0.05, 0) is 12.0 Å². The Labute approximate surface area is 116 Å². The fourth-order valence-electron chi connectivity index (χ4n) is 2.38. The maximum Gasteiger partial charge on any atom is 0.254 e. The third-order valence-electron chi connectivity index (χ3n) is 3.50. The monoisotopic (exact) mass is 281 g/mol. The Hall–Kier alpha value is -1.54. The van der Waals surface area contributed by atoms with E-state index < -0.39 is 6.04 Å². The van der Waals surface area contributed by atoms with E-state index in [1.54, 1.807) is 4.90 Å². The van der Waals surface area contributed by atoms with E-state index in [0.29, 0.717) is 30.8 Å². The summed E-state index contributed by atoms with van der Waals surface area (Å²) in [5.74, 6) is 0. The van der Waals surface area contributed by atoms with E-state index >= 15 is 0 Å². The molecule has 4 N–H and O–H groups in total. The third-order valence-corrected chi connectivity index (χ3v) is 3.50. The highest BCUT2D eigenvalue weighted by molar-refractivity contribution is 5.70. The number of fused-ring (bicyclic) bond motifs is 1. The number of rotatable bonds is 7. The largest absolute Gasteiger partial charge is 0.395 e. The summed E-state index contributed by atoms with van der Waals surface area (Å²) in [6, 6.07) is -0.436. The van der Waals surface area contributed by atoms with Crippen LogP contribution >= 0.6 is 0 Å². The Morgan fingerprint density at radius 3 is 2.75 bits per heavy atom. The van der Waals surface area contributed by atoms with Crippen LogP contribution in [0.2, 0.25) is 0 Å². The summed E-state index contributed by atoms with van der Waals surface area (Å²) in [6.07, 6.45) is 3.82. The van der Waals surface area contributed by atoms with E-state index in [9.17, 15) is 15.0 Å². The van der Waals surface area contributed by atoms with Crippen LogP contribution in [0.5, 0.6) is 0 Å². The predicted octanol–water partition coefficient (Wildman–Crippen LogP) is -1.64. The quantitative estimate of drug-likeness (QED) is 0.477. The number of aromatic amines is 1. The van der Waals surface area contributed by atoms with E-state index in [0.717, 1.165) is 5.57 Å². The maximum absolute atomic E-state index is 11.7. The van der Waals surface area contributed by atoms with Gasteiger partial charge < -0.3 is 20.3 Å². The van der Waals surface area contributed by atoms with Crippen molar-refractivity contribution >= 4 is 5.57 Å². The van der Waals surface area contributed by atoms with Gasteiger partial charge in [-0.25, -0.2) is 4.98 Å².